The first-order valence-electron chi connectivity index (χ1n) is 5.28. The van der Waals surface area contributed by atoms with Crippen molar-refractivity contribution in [2.45, 2.75) is 5.92 Å². The van der Waals surface area contributed by atoms with Crippen LogP contribution in [0.3, 0.4) is 0 Å². The zero-order valence-electron chi connectivity index (χ0n) is 9.59. The minimum Gasteiger partial charge on any atom is -0.440 e. The average molecular weight is 254 g/mol. The molecule has 0 saturated heterocycles. The van der Waals surface area contributed by atoms with E-state index in [-0.39, 0.29) is 17.2 Å². The number of allylic oxidation sites excluding steroid dienone is 1. The molecule has 1 aromatic carbocycles. The van der Waals surface area contributed by atoms with Crippen molar-refractivity contribution in [3.8, 4) is 24.0 Å². The van der Waals surface area contributed by atoms with Gasteiger partial charge in [-0.2, -0.15) is 15.8 Å². The van der Waals surface area contributed by atoms with E-state index in [1.54, 1.807) is 0 Å². The summed E-state index contributed by atoms with van der Waals surface area (Å²) in [6.45, 7) is 0. The molecule has 0 amide bonds. The van der Waals surface area contributed by atoms with Gasteiger partial charge in [0.15, 0.2) is 0 Å². The van der Waals surface area contributed by atoms with Gasteiger partial charge in [0.1, 0.15) is 23.6 Å². The molecule has 1 unspecified atom stereocenters. The molecular formula is C13H7FN4O. The number of nitrogens with zero attached hydrogens (tertiary/aromatic N) is 3. The zero-order valence-corrected chi connectivity index (χ0v) is 9.59. The number of nitrogens with two attached hydrogens (primary N) is 1. The minimum atomic E-state index is -1.10. The van der Waals surface area contributed by atoms with Crippen molar-refractivity contribution >= 4 is 0 Å². The number of fused-ring (bicyclic) bond motifs is 1. The lowest BCUT2D eigenvalue weighted by molar-refractivity contribution is 0.380. The summed E-state index contributed by atoms with van der Waals surface area (Å²) < 4.78 is 18.3. The highest BCUT2D eigenvalue weighted by Crippen LogP contribution is 2.42. The van der Waals surface area contributed by atoms with Crippen molar-refractivity contribution in [3.05, 3.63) is 41.0 Å². The number of hydrogen-bond donors (Lipinski definition) is 1. The number of nitriles is 3. The topological polar surface area (TPSA) is 107 Å². The Morgan fingerprint density at radius 2 is 1.95 bits per heavy atom. The van der Waals surface area contributed by atoms with Crippen LogP contribution in [0.5, 0.6) is 5.75 Å². The summed E-state index contributed by atoms with van der Waals surface area (Å²) in [5, 5.41) is 27.1. The second-order valence-corrected chi connectivity index (χ2v) is 3.89. The third-order valence-electron chi connectivity index (χ3n) is 2.84. The molecule has 5 nitrogen and oxygen atoms in total. The van der Waals surface area contributed by atoms with Gasteiger partial charge >= 0.3 is 0 Å². The van der Waals surface area contributed by atoms with Crippen molar-refractivity contribution in [3.63, 3.8) is 0 Å². The first kappa shape index (κ1) is 12.4. The standard InChI is InChI=1S/C13H7FN4O/c14-8-1-2-9-11(3-8)19-13(18)10(6-17)12(9)7(4-15)5-16/h1-3,7,12H,18H2. The Labute approximate surface area is 108 Å². The van der Waals surface area contributed by atoms with E-state index in [0.29, 0.717) is 5.56 Å². The first-order chi connectivity index (χ1) is 9.12. The van der Waals surface area contributed by atoms with Crippen LogP contribution in [0, 0.1) is 45.7 Å². The van der Waals surface area contributed by atoms with Crippen molar-refractivity contribution < 1.29 is 9.13 Å². The van der Waals surface area contributed by atoms with Crippen LogP contribution in [0.15, 0.2) is 29.7 Å². The molecule has 2 N–H and O–H groups in total. The Kier molecular flexibility index (Phi) is 3.06. The molecule has 1 atom stereocenters. The summed E-state index contributed by atoms with van der Waals surface area (Å²) in [5.41, 5.74) is 6.00. The largest absolute Gasteiger partial charge is 0.440 e. The van der Waals surface area contributed by atoms with E-state index in [4.69, 9.17) is 26.3 Å². The van der Waals surface area contributed by atoms with Gasteiger partial charge in [0.25, 0.3) is 0 Å². The molecule has 1 aromatic rings. The fourth-order valence-corrected chi connectivity index (χ4v) is 1.98. The molecule has 0 aliphatic carbocycles. The van der Waals surface area contributed by atoms with Crippen molar-refractivity contribution in [2.24, 2.45) is 11.7 Å². The van der Waals surface area contributed by atoms with Gasteiger partial charge < -0.3 is 10.5 Å². The number of hydrogen-bond acceptors (Lipinski definition) is 5. The Morgan fingerprint density at radius 3 is 2.53 bits per heavy atom. The smallest absolute Gasteiger partial charge is 0.205 e. The zero-order chi connectivity index (χ0) is 14.0. The molecule has 0 fully saturated rings. The highest BCUT2D eigenvalue weighted by atomic mass is 19.1. The summed E-state index contributed by atoms with van der Waals surface area (Å²) in [6.07, 6.45) is 0. The van der Waals surface area contributed by atoms with E-state index >= 15 is 0 Å². The van der Waals surface area contributed by atoms with Crippen LogP contribution < -0.4 is 10.5 Å². The van der Waals surface area contributed by atoms with Crippen LogP contribution in [0.2, 0.25) is 0 Å². The van der Waals surface area contributed by atoms with Crippen molar-refractivity contribution in [1.82, 2.24) is 0 Å². The Morgan fingerprint density at radius 1 is 1.26 bits per heavy atom. The third-order valence-corrected chi connectivity index (χ3v) is 2.84. The van der Waals surface area contributed by atoms with Gasteiger partial charge in [0.2, 0.25) is 5.88 Å². The lowest BCUT2D eigenvalue weighted by atomic mass is 9.80. The third kappa shape index (κ3) is 1.94. The molecule has 92 valence electrons. The SMILES string of the molecule is N#CC1=C(N)Oc2cc(F)ccc2C1C(C#N)C#N. The predicted molar refractivity (Wildman–Crippen MR) is 61.3 cm³/mol. The van der Waals surface area contributed by atoms with Gasteiger partial charge in [-0.25, -0.2) is 4.39 Å². The second kappa shape index (κ2) is 4.68. The van der Waals surface area contributed by atoms with Gasteiger partial charge in [0, 0.05) is 11.6 Å². The van der Waals surface area contributed by atoms with Crippen molar-refractivity contribution in [2.75, 3.05) is 0 Å². The quantitative estimate of drug-likeness (QED) is 0.820. The molecule has 1 aliphatic rings. The molecule has 0 aromatic heterocycles. The summed E-state index contributed by atoms with van der Waals surface area (Å²) in [7, 11) is 0. The van der Waals surface area contributed by atoms with Crippen LogP contribution in [-0.4, -0.2) is 0 Å². The number of ether oxygens (including phenoxy) is 1. The lowest BCUT2D eigenvalue weighted by Crippen LogP contribution is -2.24. The lowest BCUT2D eigenvalue weighted by Gasteiger charge is -2.26. The molecule has 0 spiro atoms. The molecular weight excluding hydrogens is 247 g/mol. The normalized spacial score (nSPS) is 16.9. The van der Waals surface area contributed by atoms with Gasteiger partial charge in [0.05, 0.1) is 23.6 Å². The fourth-order valence-electron chi connectivity index (χ4n) is 1.98. The van der Waals surface area contributed by atoms with Gasteiger partial charge in [-0.15, -0.1) is 0 Å². The maximum absolute atomic E-state index is 13.2. The van der Waals surface area contributed by atoms with E-state index in [1.807, 2.05) is 18.2 Å². The van der Waals surface area contributed by atoms with Gasteiger partial charge in [-0.1, -0.05) is 6.07 Å². The van der Waals surface area contributed by atoms with E-state index in [9.17, 15) is 4.39 Å². The van der Waals surface area contributed by atoms with E-state index in [0.717, 1.165) is 6.07 Å². The van der Waals surface area contributed by atoms with E-state index < -0.39 is 17.7 Å². The minimum absolute atomic E-state index is 0.00667. The van der Waals surface area contributed by atoms with Crippen LogP contribution in [-0.2, 0) is 0 Å². The maximum Gasteiger partial charge on any atom is 0.205 e. The molecule has 19 heavy (non-hydrogen) atoms. The predicted octanol–water partition coefficient (Wildman–Crippen LogP) is 1.66. The fraction of sp³-hybridized carbons (Fsp3) is 0.154. The number of rotatable bonds is 1. The second-order valence-electron chi connectivity index (χ2n) is 3.89. The first-order valence-corrected chi connectivity index (χ1v) is 5.28. The maximum atomic E-state index is 13.2. The molecule has 6 heteroatoms. The molecule has 0 saturated carbocycles. The molecule has 1 aliphatic heterocycles. The Balaban J connectivity index is 2.66. The average Bonchev–Trinajstić information content (AvgIpc) is 2.39. The summed E-state index contributed by atoms with van der Waals surface area (Å²) in [4.78, 5) is 0. The number of halogens is 1. The monoisotopic (exact) mass is 254 g/mol. The Bertz CT molecular complexity index is 676. The number of benzene rings is 1. The van der Waals surface area contributed by atoms with E-state index in [1.165, 1.54) is 12.1 Å². The summed E-state index contributed by atoms with van der Waals surface area (Å²) in [5.74, 6) is -2.54. The van der Waals surface area contributed by atoms with Crippen LogP contribution in [0.1, 0.15) is 11.5 Å². The molecule has 2 rings (SSSR count). The summed E-state index contributed by atoms with van der Waals surface area (Å²) in [6, 6.07) is 9.14. The molecule has 1 heterocycles. The molecule has 0 radical (unpaired) electrons. The highest BCUT2D eigenvalue weighted by molar-refractivity contribution is 5.52. The molecule has 0 bridgehead atoms. The summed E-state index contributed by atoms with van der Waals surface area (Å²) >= 11 is 0. The van der Waals surface area contributed by atoms with Crippen LogP contribution in [0.25, 0.3) is 0 Å². The van der Waals surface area contributed by atoms with Gasteiger partial charge in [-0.05, 0) is 6.07 Å². The highest BCUT2D eigenvalue weighted by Gasteiger charge is 2.35. The van der Waals surface area contributed by atoms with Crippen LogP contribution in [0.4, 0.5) is 4.39 Å². The van der Waals surface area contributed by atoms with E-state index in [2.05, 4.69) is 0 Å². The van der Waals surface area contributed by atoms with Gasteiger partial charge in [-0.3, -0.25) is 0 Å². The van der Waals surface area contributed by atoms with Crippen LogP contribution >= 0.6 is 0 Å². The Hall–Kier alpha value is -3.04. The van der Waals surface area contributed by atoms with Crippen molar-refractivity contribution in [1.29, 1.82) is 15.8 Å².